The standard InChI is InChI=1S/C16H29N5O7/c1-7(2)12(20-11(24)6-17)15(26)19-9(4-5-10(18)23)14(25)21-13(8(3)22)16(27)28/h7-9,12-13,22H,4-6,17H2,1-3H3,(H2,18,23)(H,19,26)(H,20,24)(H,21,25)(H,27,28). The van der Waals surface area contributed by atoms with Crippen LogP contribution in [0.5, 0.6) is 0 Å². The Morgan fingerprint density at radius 1 is 0.929 bits per heavy atom. The Balaban J connectivity index is 5.38. The van der Waals surface area contributed by atoms with Gasteiger partial charge in [-0.25, -0.2) is 4.79 Å². The van der Waals surface area contributed by atoms with E-state index in [-0.39, 0.29) is 25.3 Å². The van der Waals surface area contributed by atoms with Crippen molar-refractivity contribution in [2.45, 2.75) is 57.8 Å². The third-order valence-electron chi connectivity index (χ3n) is 3.81. The lowest BCUT2D eigenvalue weighted by atomic mass is 10.0. The molecule has 0 aromatic heterocycles. The van der Waals surface area contributed by atoms with Crippen LogP contribution in [0.15, 0.2) is 0 Å². The summed E-state index contributed by atoms with van der Waals surface area (Å²) in [6.45, 7) is 4.16. The molecule has 0 rings (SSSR count). The SMILES string of the molecule is CC(C)C(NC(=O)CN)C(=O)NC(CCC(N)=O)C(=O)NC(C(=O)O)C(C)O. The van der Waals surface area contributed by atoms with Gasteiger partial charge < -0.3 is 37.6 Å². The minimum Gasteiger partial charge on any atom is -0.480 e. The number of carbonyl (C=O) groups excluding carboxylic acids is 4. The maximum absolute atomic E-state index is 12.5. The number of nitrogens with one attached hydrogen (secondary N) is 3. The highest BCUT2D eigenvalue weighted by Gasteiger charge is 2.32. The van der Waals surface area contributed by atoms with E-state index in [1.54, 1.807) is 13.8 Å². The first kappa shape index (κ1) is 25.3. The minimum absolute atomic E-state index is 0.200. The first-order chi connectivity index (χ1) is 12.9. The number of carboxylic acid groups (broad SMARTS) is 1. The fourth-order valence-electron chi connectivity index (χ4n) is 2.23. The van der Waals surface area contributed by atoms with E-state index < -0.39 is 53.8 Å². The van der Waals surface area contributed by atoms with Crippen molar-refractivity contribution in [2.75, 3.05) is 6.54 Å². The summed E-state index contributed by atoms with van der Waals surface area (Å²) in [6, 6.07) is -3.93. The maximum atomic E-state index is 12.5. The van der Waals surface area contributed by atoms with Crippen LogP contribution >= 0.6 is 0 Å². The van der Waals surface area contributed by atoms with Gasteiger partial charge in [0.25, 0.3) is 0 Å². The van der Waals surface area contributed by atoms with Crippen LogP contribution in [0.4, 0.5) is 0 Å². The molecule has 160 valence electrons. The van der Waals surface area contributed by atoms with E-state index in [0.29, 0.717) is 0 Å². The van der Waals surface area contributed by atoms with Crippen LogP contribution in [0.3, 0.4) is 0 Å². The minimum atomic E-state index is -1.61. The van der Waals surface area contributed by atoms with Crippen molar-refractivity contribution in [1.82, 2.24) is 16.0 Å². The lowest BCUT2D eigenvalue weighted by Gasteiger charge is -2.26. The van der Waals surface area contributed by atoms with Crippen LogP contribution < -0.4 is 27.4 Å². The second-order valence-corrected chi connectivity index (χ2v) is 6.62. The number of rotatable bonds is 12. The van der Waals surface area contributed by atoms with E-state index in [9.17, 15) is 29.1 Å². The Labute approximate surface area is 162 Å². The first-order valence-corrected chi connectivity index (χ1v) is 8.70. The number of primary amides is 1. The quantitative estimate of drug-likeness (QED) is 0.175. The number of hydrogen-bond donors (Lipinski definition) is 7. The van der Waals surface area contributed by atoms with Gasteiger partial charge in [-0.2, -0.15) is 0 Å². The molecule has 28 heavy (non-hydrogen) atoms. The highest BCUT2D eigenvalue weighted by molar-refractivity contribution is 5.94. The van der Waals surface area contributed by atoms with Gasteiger partial charge in [0.1, 0.15) is 12.1 Å². The van der Waals surface area contributed by atoms with Gasteiger partial charge in [0.05, 0.1) is 12.6 Å². The van der Waals surface area contributed by atoms with Gasteiger partial charge in [-0.05, 0) is 19.3 Å². The predicted octanol–water partition coefficient (Wildman–Crippen LogP) is -3.21. The van der Waals surface area contributed by atoms with Crippen molar-refractivity contribution in [3.8, 4) is 0 Å². The number of nitrogens with two attached hydrogens (primary N) is 2. The van der Waals surface area contributed by atoms with Gasteiger partial charge in [-0.15, -0.1) is 0 Å². The lowest BCUT2D eigenvalue weighted by Crippen LogP contribution is -2.58. The molecule has 0 saturated heterocycles. The molecule has 0 aromatic rings. The molecule has 0 radical (unpaired) electrons. The van der Waals surface area contributed by atoms with Crippen LogP contribution in [0.1, 0.15) is 33.6 Å². The number of amides is 4. The molecule has 0 saturated carbocycles. The maximum Gasteiger partial charge on any atom is 0.328 e. The van der Waals surface area contributed by atoms with Gasteiger partial charge in [0.2, 0.25) is 23.6 Å². The molecule has 0 heterocycles. The van der Waals surface area contributed by atoms with Crippen molar-refractivity contribution in [1.29, 1.82) is 0 Å². The zero-order valence-corrected chi connectivity index (χ0v) is 16.1. The molecule has 0 bridgehead atoms. The Morgan fingerprint density at radius 3 is 1.89 bits per heavy atom. The average Bonchev–Trinajstić information content (AvgIpc) is 2.59. The predicted molar refractivity (Wildman–Crippen MR) is 97.4 cm³/mol. The van der Waals surface area contributed by atoms with Crippen LogP contribution in [-0.2, 0) is 24.0 Å². The Hall–Kier alpha value is -2.73. The van der Waals surface area contributed by atoms with E-state index in [4.69, 9.17) is 16.6 Å². The topological polar surface area (TPSA) is 214 Å². The molecule has 0 aliphatic rings. The van der Waals surface area contributed by atoms with Gasteiger partial charge in [0, 0.05) is 6.42 Å². The summed E-state index contributed by atoms with van der Waals surface area (Å²) < 4.78 is 0. The van der Waals surface area contributed by atoms with Gasteiger partial charge in [-0.3, -0.25) is 19.2 Å². The molecule has 4 amide bonds. The van der Waals surface area contributed by atoms with Crippen LogP contribution in [0.25, 0.3) is 0 Å². The van der Waals surface area contributed by atoms with E-state index in [2.05, 4.69) is 16.0 Å². The van der Waals surface area contributed by atoms with Gasteiger partial charge in [-0.1, -0.05) is 13.8 Å². The largest absolute Gasteiger partial charge is 0.480 e. The zero-order chi connectivity index (χ0) is 22.0. The molecule has 4 unspecified atom stereocenters. The third-order valence-corrected chi connectivity index (χ3v) is 3.81. The molecule has 0 spiro atoms. The summed E-state index contributed by atoms with van der Waals surface area (Å²) in [4.78, 5) is 58.6. The second-order valence-electron chi connectivity index (χ2n) is 6.62. The summed E-state index contributed by atoms with van der Waals surface area (Å²) in [7, 11) is 0. The summed E-state index contributed by atoms with van der Waals surface area (Å²) >= 11 is 0. The van der Waals surface area contributed by atoms with Crippen molar-refractivity contribution in [3.05, 3.63) is 0 Å². The van der Waals surface area contributed by atoms with Crippen molar-refractivity contribution < 1.29 is 34.2 Å². The highest BCUT2D eigenvalue weighted by Crippen LogP contribution is 2.06. The number of hydrogen-bond acceptors (Lipinski definition) is 7. The van der Waals surface area contributed by atoms with E-state index in [1.165, 1.54) is 6.92 Å². The summed E-state index contributed by atoms with van der Waals surface area (Å²) in [5.74, 6) is -4.76. The number of carboxylic acids is 1. The fourth-order valence-corrected chi connectivity index (χ4v) is 2.23. The molecule has 4 atom stereocenters. The first-order valence-electron chi connectivity index (χ1n) is 8.70. The van der Waals surface area contributed by atoms with Crippen molar-refractivity contribution >= 4 is 29.6 Å². The smallest absolute Gasteiger partial charge is 0.328 e. The van der Waals surface area contributed by atoms with Crippen LogP contribution in [0, 0.1) is 5.92 Å². The molecule has 0 aromatic carbocycles. The normalized spacial score (nSPS) is 15.1. The van der Waals surface area contributed by atoms with Crippen LogP contribution in [-0.4, -0.2) is 70.6 Å². The second kappa shape index (κ2) is 11.9. The van der Waals surface area contributed by atoms with Gasteiger partial charge >= 0.3 is 5.97 Å². The molecule has 0 aliphatic heterocycles. The zero-order valence-electron chi connectivity index (χ0n) is 16.1. The molecular weight excluding hydrogens is 374 g/mol. The molecule has 0 fully saturated rings. The number of aliphatic carboxylic acids is 1. The monoisotopic (exact) mass is 403 g/mol. The molecular formula is C16H29N5O7. The highest BCUT2D eigenvalue weighted by atomic mass is 16.4. The third kappa shape index (κ3) is 8.77. The summed E-state index contributed by atoms with van der Waals surface area (Å²) in [5.41, 5.74) is 10.3. The van der Waals surface area contributed by atoms with Crippen molar-refractivity contribution in [3.63, 3.8) is 0 Å². The summed E-state index contributed by atoms with van der Waals surface area (Å²) in [6.07, 6.45) is -1.86. The fraction of sp³-hybridized carbons (Fsp3) is 0.688. The van der Waals surface area contributed by atoms with Crippen molar-refractivity contribution in [2.24, 2.45) is 17.4 Å². The molecule has 9 N–H and O–H groups in total. The summed E-state index contributed by atoms with van der Waals surface area (Å²) in [5, 5.41) is 25.4. The Morgan fingerprint density at radius 2 is 1.50 bits per heavy atom. The molecule has 0 aliphatic carbocycles. The van der Waals surface area contributed by atoms with E-state index >= 15 is 0 Å². The molecule has 12 heteroatoms. The Bertz CT molecular complexity index is 594. The lowest BCUT2D eigenvalue weighted by molar-refractivity contribution is -0.145. The number of aliphatic hydroxyl groups excluding tert-OH is 1. The van der Waals surface area contributed by atoms with Gasteiger partial charge in [0.15, 0.2) is 6.04 Å². The number of carbonyl (C=O) groups is 5. The average molecular weight is 403 g/mol. The van der Waals surface area contributed by atoms with Crippen LogP contribution in [0.2, 0.25) is 0 Å². The molecule has 12 nitrogen and oxygen atoms in total. The Kier molecular flexibility index (Phi) is 10.7. The van der Waals surface area contributed by atoms with E-state index in [0.717, 1.165) is 0 Å². The number of aliphatic hydroxyl groups is 1. The van der Waals surface area contributed by atoms with E-state index in [1.807, 2.05) is 0 Å².